The number of imidazole rings is 1. The van der Waals surface area contributed by atoms with Gasteiger partial charge < -0.3 is 123 Å². The Bertz CT molecular complexity index is 4470. The van der Waals surface area contributed by atoms with Gasteiger partial charge in [0.2, 0.25) is 76.8 Å². The predicted octanol–water partition coefficient (Wildman–Crippen LogP) is -3.46. The van der Waals surface area contributed by atoms with E-state index in [9.17, 15) is 63.0 Å². The van der Waals surface area contributed by atoms with Crippen LogP contribution >= 0.6 is 11.8 Å². The van der Waals surface area contributed by atoms with Gasteiger partial charge in [-0.25, -0.2) is 4.98 Å². The Morgan fingerprint density at radius 2 is 0.909 bits per heavy atom. The second-order valence-corrected chi connectivity index (χ2v) is 30.0. The van der Waals surface area contributed by atoms with Gasteiger partial charge in [0.15, 0.2) is 11.9 Å². The fraction of sp³-hybridized carbons (Fsp3) is 0.438. The van der Waals surface area contributed by atoms with Crippen molar-refractivity contribution in [1.29, 1.82) is 10.8 Å². The van der Waals surface area contributed by atoms with Crippen LogP contribution in [-0.2, 0) is 99.2 Å². The minimum absolute atomic E-state index is 0.00531. The van der Waals surface area contributed by atoms with E-state index in [1.165, 1.54) is 36.4 Å². The number of thioether (sulfide) groups is 1. The Morgan fingerprint density at radius 3 is 1.42 bits per heavy atom. The molecule has 6 rings (SSSR count). The molecule has 30 N–H and O–H groups in total. The molecule has 2 heterocycles. The summed E-state index contributed by atoms with van der Waals surface area (Å²) in [6, 6.07) is 13.4. The monoisotopic (exact) mass is 1700 g/mol. The number of aromatic nitrogens is 3. The average Bonchev–Trinajstić information content (AvgIpc) is 1.68. The molecule has 40 nitrogen and oxygen atoms in total. The number of amides is 13. The first kappa shape index (κ1) is 96.7. The number of nitrogens with zero attached hydrogens (tertiary/aromatic N) is 1. The van der Waals surface area contributed by atoms with E-state index in [-0.39, 0.29) is 95.2 Å². The summed E-state index contributed by atoms with van der Waals surface area (Å²) in [6.07, 6.45) is 4.92. The molecule has 0 unspecified atom stereocenters. The van der Waals surface area contributed by atoms with E-state index in [0.29, 0.717) is 58.3 Å². The van der Waals surface area contributed by atoms with Gasteiger partial charge in [0.05, 0.1) is 37.6 Å². The number of rotatable bonds is 53. The van der Waals surface area contributed by atoms with Gasteiger partial charge in [-0.3, -0.25) is 77.9 Å². The van der Waals surface area contributed by atoms with Crippen LogP contribution < -0.4 is 103 Å². The van der Waals surface area contributed by atoms with E-state index in [2.05, 4.69) is 89.4 Å². The molecule has 0 bridgehead atoms. The number of hydrogen-bond acceptors (Lipinski definition) is 21. The summed E-state index contributed by atoms with van der Waals surface area (Å²) in [5.74, 6) is -14.7. The van der Waals surface area contributed by atoms with Crippen molar-refractivity contribution < 1.29 is 77.3 Å². The maximum Gasteiger partial charge on any atom is 0.305 e. The topological polar surface area (TPSA) is 670 Å². The number of nitrogens with one attached hydrogen (secondary N) is 18. The molecule has 0 aliphatic carbocycles. The summed E-state index contributed by atoms with van der Waals surface area (Å²) in [5, 5.41) is 72.7. The van der Waals surface area contributed by atoms with Crippen molar-refractivity contribution in [3.8, 4) is 5.75 Å². The van der Waals surface area contributed by atoms with Crippen LogP contribution in [0, 0.1) is 16.7 Å². The van der Waals surface area contributed by atoms with Crippen LogP contribution in [0.1, 0.15) is 99.6 Å². The second-order valence-electron chi connectivity index (χ2n) is 29.1. The number of aromatic amines is 2. The summed E-state index contributed by atoms with van der Waals surface area (Å²) < 4.78 is 0. The number of phenolic OH excluding ortho intramolecular Hbond substituents is 1. The number of H-pyrrole nitrogens is 2. The highest BCUT2D eigenvalue weighted by Gasteiger charge is 2.38. The van der Waals surface area contributed by atoms with Crippen molar-refractivity contribution >= 4 is 117 Å². The lowest BCUT2D eigenvalue weighted by Gasteiger charge is -2.28. The van der Waals surface area contributed by atoms with E-state index in [1.54, 1.807) is 123 Å². The molecule has 13 amide bonds. The molecule has 0 aliphatic rings. The molecule has 41 heteroatoms. The molecule has 0 spiro atoms. The Kier molecular flexibility index (Phi) is 40.4. The SMILES string of the molecule is CSCC[C@H](NC(=O)[C@@H](NC(=O)[C@H](Cc1ccc(O)cc1)NC(=O)[C@@H](N)CCCCN)C(C)C)C(=O)NCC(=O)N[C@@H](Cc1c[nH]cn1)C(=O)N[C@H](Cc1ccccc1)C(=O)N[C@@H](CCCNC(=N)N)C(=O)N[C@H](Cc1c[nH]c2ccccc12)C(=O)N[C@@H](CC(=O)O)C(=O)N[C@@H](CCCNC(=N)N)C(=O)N[C@@H](Cc1ccccc1)C(=O)NCC(N)=O. The molecule has 0 aliphatic heterocycles. The fourth-order valence-electron chi connectivity index (χ4n) is 12.7. The number of guanidine groups is 2. The van der Waals surface area contributed by atoms with Crippen molar-refractivity contribution in [3.05, 3.63) is 156 Å². The average molecular weight is 1700 g/mol. The number of nitrogens with two attached hydrogens (primary N) is 5. The van der Waals surface area contributed by atoms with Crippen LogP contribution in [0.15, 0.2) is 128 Å². The second kappa shape index (κ2) is 50.6. The minimum atomic E-state index is -2.00. The van der Waals surface area contributed by atoms with Crippen molar-refractivity contribution in [3.63, 3.8) is 0 Å². The molecule has 4 aromatic carbocycles. The molecule has 6 aromatic rings. The van der Waals surface area contributed by atoms with Crippen molar-refractivity contribution in [1.82, 2.24) is 89.4 Å². The number of fused-ring (bicyclic) bond motifs is 1. The molecule has 2 aromatic heterocycles. The lowest BCUT2D eigenvalue weighted by Crippen LogP contribution is -2.61. The molecule has 0 radical (unpaired) electrons. The number of para-hydroxylation sites is 1. The number of carbonyl (C=O) groups is 14. The number of primary amides is 1. The van der Waals surface area contributed by atoms with Crippen LogP contribution in [-0.4, -0.2) is 231 Å². The van der Waals surface area contributed by atoms with E-state index in [0.717, 1.165) is 0 Å². The van der Waals surface area contributed by atoms with Crippen molar-refractivity contribution in [2.45, 2.75) is 170 Å². The number of carboxylic acid groups (broad SMARTS) is 1. The number of carboxylic acids is 1. The number of aliphatic carboxylic acids is 1. The quantitative estimate of drug-likeness (QED) is 0.0100. The Labute approximate surface area is 702 Å². The molecule has 0 saturated heterocycles. The van der Waals surface area contributed by atoms with Crippen LogP contribution in [0.2, 0.25) is 0 Å². The largest absolute Gasteiger partial charge is 0.508 e. The van der Waals surface area contributed by atoms with Crippen LogP contribution in [0.3, 0.4) is 0 Å². The molecule has 654 valence electrons. The molecule has 11 atom stereocenters. The number of benzene rings is 4. The summed E-state index contributed by atoms with van der Waals surface area (Å²) in [4.78, 5) is 208. The third-order valence-corrected chi connectivity index (χ3v) is 19.7. The van der Waals surface area contributed by atoms with E-state index >= 15 is 14.4 Å². The van der Waals surface area contributed by atoms with Gasteiger partial charge in [0.1, 0.15) is 66.2 Å². The Balaban J connectivity index is 1.25. The van der Waals surface area contributed by atoms with Gasteiger partial charge >= 0.3 is 5.97 Å². The maximum atomic E-state index is 15.2. The first-order valence-corrected chi connectivity index (χ1v) is 40.8. The summed E-state index contributed by atoms with van der Waals surface area (Å²) >= 11 is 1.35. The molecule has 0 fully saturated rings. The number of carbonyl (C=O) groups excluding carboxylic acids is 13. The minimum Gasteiger partial charge on any atom is -0.508 e. The standard InChI is InChI=1S/C80H112N24O16S/c1-45(2)67(104-77(119)60(36-48-25-27-51(105)28-26-48)99-68(110)53(82)21-12-13-30-81)78(120)98-57(29-33-121-3)69(111)93-43-65(107)95-62(38-50-41-88-44-94-50)75(117)101-59(35-47-18-8-5-9-19-47)73(115)96-56(24-15-32-90-80(86)87)72(114)102-61(37-49-40-91-54-22-11-10-20-52(49)54)74(116)103-63(39-66(108)109)76(118)97-55(23-14-31-89-79(84)85)71(113)100-58(70(112)92-42-64(83)106)34-46-16-6-4-7-17-46/h4-11,16-20,22,25-28,40-41,44-45,53,55-63,67,91,105H,12-15,21,23-24,29-39,42-43,81-82H2,1-3H3,(H2,83,106)(H,88,94)(H,92,112)(H,93,111)(H,95,107)(H,96,115)(H,97,118)(H,98,120)(H,99,110)(H,100,113)(H,101,117)(H,102,114)(H,103,116)(H,104,119)(H,108,109)(H4,84,85,89)(H4,86,87,90)/t53-,55-,56-,57-,58-,59+,60-,61+,62-,63-,67-/m0/s1. The van der Waals surface area contributed by atoms with Crippen LogP contribution in [0.4, 0.5) is 0 Å². The van der Waals surface area contributed by atoms with Gasteiger partial charge in [0, 0.05) is 68.5 Å². The summed E-state index contributed by atoms with van der Waals surface area (Å²) in [5.41, 5.74) is 31.2. The van der Waals surface area contributed by atoms with Crippen LogP contribution in [0.25, 0.3) is 10.9 Å². The molecular formula is C80H112N24O16S. The smallest absolute Gasteiger partial charge is 0.305 e. The third kappa shape index (κ3) is 34.4. The lowest BCUT2D eigenvalue weighted by molar-refractivity contribution is -0.141. The predicted molar refractivity (Wildman–Crippen MR) is 450 cm³/mol. The first-order chi connectivity index (χ1) is 57.8. The van der Waals surface area contributed by atoms with Crippen molar-refractivity contribution in [2.75, 3.05) is 44.7 Å². The lowest BCUT2D eigenvalue weighted by atomic mass is 10.00. The zero-order chi connectivity index (χ0) is 88.5. The number of phenols is 1. The molecular weight excluding hydrogens is 1590 g/mol. The van der Waals surface area contributed by atoms with E-state index < -0.39 is 187 Å². The van der Waals surface area contributed by atoms with Gasteiger partial charge in [-0.2, -0.15) is 11.8 Å². The Hall–Kier alpha value is -13.2. The number of unbranched alkanes of at least 4 members (excludes halogenated alkanes) is 1. The van der Waals surface area contributed by atoms with Gasteiger partial charge in [0.25, 0.3) is 0 Å². The highest BCUT2D eigenvalue weighted by molar-refractivity contribution is 7.98. The van der Waals surface area contributed by atoms with E-state index in [4.69, 9.17) is 39.5 Å². The highest BCUT2D eigenvalue weighted by Crippen LogP contribution is 2.21. The third-order valence-electron chi connectivity index (χ3n) is 19.1. The van der Waals surface area contributed by atoms with Gasteiger partial charge in [-0.15, -0.1) is 0 Å². The maximum absolute atomic E-state index is 15.2. The van der Waals surface area contributed by atoms with Crippen molar-refractivity contribution in [2.24, 2.45) is 34.6 Å². The zero-order valence-corrected chi connectivity index (χ0v) is 68.4. The number of aromatic hydroxyl groups is 1. The normalized spacial score (nSPS) is 13.8. The molecule has 0 saturated carbocycles. The molecule has 121 heavy (non-hydrogen) atoms. The summed E-state index contributed by atoms with van der Waals surface area (Å²) in [7, 11) is 0. The van der Waals surface area contributed by atoms with Gasteiger partial charge in [-0.05, 0) is 110 Å². The fourth-order valence-corrected chi connectivity index (χ4v) is 13.1. The number of hydrogen-bond donors (Lipinski definition) is 25. The first-order valence-electron chi connectivity index (χ1n) is 39.4. The van der Waals surface area contributed by atoms with Gasteiger partial charge in [-0.1, -0.05) is 111 Å². The zero-order valence-electron chi connectivity index (χ0n) is 67.5. The van der Waals surface area contributed by atoms with E-state index in [1.807, 2.05) is 0 Å². The summed E-state index contributed by atoms with van der Waals surface area (Å²) in [6.45, 7) is 2.29. The Morgan fingerprint density at radius 1 is 0.463 bits per heavy atom. The van der Waals surface area contributed by atoms with Crippen LogP contribution in [0.5, 0.6) is 5.75 Å². The highest BCUT2D eigenvalue weighted by atomic mass is 32.2.